The van der Waals surface area contributed by atoms with Crippen molar-refractivity contribution in [3.05, 3.63) is 42.5 Å². The standard InChI is InChI=1S/C23H29N5O/c1-16(2)14-28-8-6-17(7-9-28)22(29)12-21-11-20-10-18(4-5-19(20)13-24-21)23-26-25-15-27(23)3/h4-5,10-11,13,15-17H,6-9,12,14H2,1-3H3. The van der Waals surface area contributed by atoms with Gasteiger partial charge < -0.3 is 9.47 Å². The van der Waals surface area contributed by atoms with Crippen LogP contribution in [0.5, 0.6) is 0 Å². The molecule has 0 unspecified atom stereocenters. The molecule has 0 amide bonds. The molecule has 1 aliphatic rings. The monoisotopic (exact) mass is 391 g/mol. The third-order valence-corrected chi connectivity index (χ3v) is 5.77. The molecule has 1 fully saturated rings. The lowest BCUT2D eigenvalue weighted by Gasteiger charge is -2.32. The van der Waals surface area contributed by atoms with Crippen molar-refractivity contribution < 1.29 is 4.79 Å². The van der Waals surface area contributed by atoms with Crippen LogP contribution in [-0.4, -0.2) is 50.1 Å². The van der Waals surface area contributed by atoms with Crippen molar-refractivity contribution in [3.63, 3.8) is 0 Å². The van der Waals surface area contributed by atoms with Gasteiger partial charge in [0.25, 0.3) is 0 Å². The van der Waals surface area contributed by atoms with E-state index in [0.717, 1.165) is 60.3 Å². The van der Waals surface area contributed by atoms with Gasteiger partial charge in [0.1, 0.15) is 12.1 Å². The highest BCUT2D eigenvalue weighted by Gasteiger charge is 2.25. The summed E-state index contributed by atoms with van der Waals surface area (Å²) in [6.07, 6.45) is 5.91. The summed E-state index contributed by atoms with van der Waals surface area (Å²) in [5.41, 5.74) is 1.86. The van der Waals surface area contributed by atoms with Crippen molar-refractivity contribution in [3.8, 4) is 11.4 Å². The zero-order valence-corrected chi connectivity index (χ0v) is 17.5. The van der Waals surface area contributed by atoms with Crippen LogP contribution in [0.3, 0.4) is 0 Å². The van der Waals surface area contributed by atoms with Gasteiger partial charge >= 0.3 is 0 Å². The molecule has 0 atom stereocenters. The van der Waals surface area contributed by atoms with Gasteiger partial charge in [-0.2, -0.15) is 0 Å². The van der Waals surface area contributed by atoms with Crippen LogP contribution in [0, 0.1) is 11.8 Å². The van der Waals surface area contributed by atoms with E-state index in [9.17, 15) is 4.79 Å². The average Bonchev–Trinajstić information content (AvgIpc) is 3.13. The second-order valence-electron chi connectivity index (χ2n) is 8.61. The maximum atomic E-state index is 12.9. The highest BCUT2D eigenvalue weighted by molar-refractivity contribution is 5.88. The number of benzene rings is 1. The van der Waals surface area contributed by atoms with Gasteiger partial charge in [-0.15, -0.1) is 10.2 Å². The van der Waals surface area contributed by atoms with Crippen LogP contribution < -0.4 is 0 Å². The number of hydrogen-bond donors (Lipinski definition) is 0. The zero-order chi connectivity index (χ0) is 20.4. The van der Waals surface area contributed by atoms with E-state index in [1.807, 2.05) is 36.0 Å². The molecule has 1 aromatic carbocycles. The Morgan fingerprint density at radius 3 is 2.66 bits per heavy atom. The molecule has 0 spiro atoms. The molecule has 0 N–H and O–H groups in total. The molecule has 152 valence electrons. The van der Waals surface area contributed by atoms with Crippen molar-refractivity contribution in [2.45, 2.75) is 33.1 Å². The number of rotatable bonds is 6. The van der Waals surface area contributed by atoms with Crippen molar-refractivity contribution in [2.75, 3.05) is 19.6 Å². The number of nitrogens with zero attached hydrogens (tertiary/aromatic N) is 5. The molecule has 4 rings (SSSR count). The minimum absolute atomic E-state index is 0.167. The molecule has 3 aromatic rings. The first kappa shape index (κ1) is 19.7. The molecule has 0 radical (unpaired) electrons. The van der Waals surface area contributed by atoms with Crippen LogP contribution in [0.2, 0.25) is 0 Å². The molecule has 6 heteroatoms. The number of aromatic nitrogens is 4. The quantitative estimate of drug-likeness (QED) is 0.643. The molecule has 3 heterocycles. The van der Waals surface area contributed by atoms with E-state index >= 15 is 0 Å². The third-order valence-electron chi connectivity index (χ3n) is 5.77. The molecule has 6 nitrogen and oxygen atoms in total. The van der Waals surface area contributed by atoms with Gasteiger partial charge in [-0.1, -0.05) is 26.0 Å². The fourth-order valence-corrected chi connectivity index (χ4v) is 4.24. The van der Waals surface area contributed by atoms with Crippen LogP contribution in [0.1, 0.15) is 32.4 Å². The first-order chi connectivity index (χ1) is 14.0. The number of carbonyl (C=O) groups is 1. The fraction of sp³-hybridized carbons (Fsp3) is 0.478. The van der Waals surface area contributed by atoms with Gasteiger partial charge in [-0.05, 0) is 49.4 Å². The van der Waals surface area contributed by atoms with Gasteiger partial charge in [0, 0.05) is 48.8 Å². The summed E-state index contributed by atoms with van der Waals surface area (Å²) >= 11 is 0. The Hall–Kier alpha value is -2.60. The predicted octanol–water partition coefficient (Wildman–Crippen LogP) is 3.51. The maximum Gasteiger partial charge on any atom is 0.163 e. The van der Waals surface area contributed by atoms with E-state index in [0.29, 0.717) is 18.1 Å². The summed E-state index contributed by atoms with van der Waals surface area (Å²) in [7, 11) is 1.93. The van der Waals surface area contributed by atoms with Crippen LogP contribution in [0.25, 0.3) is 22.2 Å². The Morgan fingerprint density at radius 1 is 1.17 bits per heavy atom. The number of aryl methyl sites for hydroxylation is 1. The maximum absolute atomic E-state index is 12.9. The number of fused-ring (bicyclic) bond motifs is 1. The lowest BCUT2D eigenvalue weighted by Crippen LogP contribution is -2.38. The lowest BCUT2D eigenvalue weighted by molar-refractivity contribution is -0.123. The van der Waals surface area contributed by atoms with Crippen LogP contribution in [0.4, 0.5) is 0 Å². The molecule has 2 aromatic heterocycles. The van der Waals surface area contributed by atoms with Gasteiger partial charge in [-0.25, -0.2) is 0 Å². The van der Waals surface area contributed by atoms with Crippen molar-refractivity contribution >= 4 is 16.6 Å². The number of piperidine rings is 1. The normalized spacial score (nSPS) is 16.0. The molecule has 0 aliphatic carbocycles. The number of pyridine rings is 1. The van der Waals surface area contributed by atoms with E-state index in [1.165, 1.54) is 0 Å². The Balaban J connectivity index is 1.45. The van der Waals surface area contributed by atoms with E-state index in [-0.39, 0.29) is 5.92 Å². The molecule has 1 aliphatic heterocycles. The molecular formula is C23H29N5O. The van der Waals surface area contributed by atoms with Crippen molar-refractivity contribution in [2.24, 2.45) is 18.9 Å². The number of carbonyl (C=O) groups excluding carboxylic acids is 1. The van der Waals surface area contributed by atoms with E-state index in [1.54, 1.807) is 6.33 Å². The summed E-state index contributed by atoms with van der Waals surface area (Å²) < 4.78 is 1.90. The SMILES string of the molecule is CC(C)CN1CCC(C(=O)Cc2cc3cc(-c4nncn4C)ccc3cn2)CC1. The Labute approximate surface area is 172 Å². The van der Waals surface area contributed by atoms with Crippen LogP contribution >= 0.6 is 0 Å². The van der Waals surface area contributed by atoms with Crippen molar-refractivity contribution in [1.29, 1.82) is 0 Å². The Kier molecular flexibility index (Phi) is 5.72. The number of ketones is 1. The highest BCUT2D eigenvalue weighted by Crippen LogP contribution is 2.24. The second-order valence-corrected chi connectivity index (χ2v) is 8.61. The largest absolute Gasteiger partial charge is 0.317 e. The Bertz CT molecular complexity index is 1000. The predicted molar refractivity (Wildman–Crippen MR) is 114 cm³/mol. The first-order valence-corrected chi connectivity index (χ1v) is 10.5. The average molecular weight is 392 g/mol. The van der Waals surface area contributed by atoms with Crippen LogP contribution in [0.15, 0.2) is 36.8 Å². The van der Waals surface area contributed by atoms with E-state index in [4.69, 9.17) is 0 Å². The van der Waals surface area contributed by atoms with Crippen LogP contribution in [-0.2, 0) is 18.3 Å². The number of Topliss-reactive ketones (excluding diaryl/α,β-unsaturated/α-hetero) is 1. The van der Waals surface area contributed by atoms with E-state index < -0.39 is 0 Å². The Morgan fingerprint density at radius 2 is 1.97 bits per heavy atom. The van der Waals surface area contributed by atoms with E-state index in [2.05, 4.69) is 40.0 Å². The molecule has 29 heavy (non-hydrogen) atoms. The minimum Gasteiger partial charge on any atom is -0.317 e. The van der Waals surface area contributed by atoms with Crippen molar-refractivity contribution in [1.82, 2.24) is 24.6 Å². The summed E-state index contributed by atoms with van der Waals surface area (Å²) in [5.74, 6) is 2.00. The minimum atomic E-state index is 0.167. The molecule has 1 saturated heterocycles. The first-order valence-electron chi connectivity index (χ1n) is 10.5. The van der Waals surface area contributed by atoms with Gasteiger partial charge in [0.15, 0.2) is 5.82 Å². The summed E-state index contributed by atoms with van der Waals surface area (Å²) in [6, 6.07) is 8.21. The third kappa shape index (κ3) is 4.53. The zero-order valence-electron chi connectivity index (χ0n) is 17.5. The van der Waals surface area contributed by atoms with Gasteiger partial charge in [-0.3, -0.25) is 9.78 Å². The molecular weight excluding hydrogens is 362 g/mol. The topological polar surface area (TPSA) is 63.9 Å². The van der Waals surface area contributed by atoms with Gasteiger partial charge in [0.05, 0.1) is 0 Å². The fourth-order valence-electron chi connectivity index (χ4n) is 4.24. The second kappa shape index (κ2) is 8.41. The lowest BCUT2D eigenvalue weighted by atomic mass is 9.89. The number of hydrogen-bond acceptors (Lipinski definition) is 5. The smallest absolute Gasteiger partial charge is 0.163 e. The molecule has 0 saturated carbocycles. The molecule has 0 bridgehead atoms. The summed E-state index contributed by atoms with van der Waals surface area (Å²) in [5, 5.41) is 10.3. The summed E-state index contributed by atoms with van der Waals surface area (Å²) in [6.45, 7) is 7.68. The summed E-state index contributed by atoms with van der Waals surface area (Å²) in [4.78, 5) is 19.9. The highest BCUT2D eigenvalue weighted by atomic mass is 16.1. The number of likely N-dealkylation sites (tertiary alicyclic amines) is 1. The van der Waals surface area contributed by atoms with Gasteiger partial charge in [0.2, 0.25) is 0 Å².